The lowest BCUT2D eigenvalue weighted by molar-refractivity contribution is -0.142. The number of carbonyl (C=O) groups is 2. The van der Waals surface area contributed by atoms with Crippen LogP contribution in [0.1, 0.15) is 35.7 Å². The van der Waals surface area contributed by atoms with Crippen LogP contribution >= 0.6 is 12.2 Å². The quantitative estimate of drug-likeness (QED) is 0.446. The number of thiocarbonyl (C=S) groups is 1. The number of hydrogen-bond donors (Lipinski definition) is 3. The summed E-state index contributed by atoms with van der Waals surface area (Å²) in [6.07, 6.45) is 5.74. The van der Waals surface area contributed by atoms with Crippen molar-refractivity contribution in [1.82, 2.24) is 20.2 Å². The number of amides is 2. The number of aromatic nitrogens is 2. The smallest absolute Gasteiger partial charge is 0.250 e. The van der Waals surface area contributed by atoms with Crippen LogP contribution in [0.25, 0.3) is 0 Å². The maximum Gasteiger partial charge on any atom is 0.250 e. The molecule has 2 aromatic heterocycles. The highest BCUT2D eigenvalue weighted by Crippen LogP contribution is 2.45. The number of benzene rings is 1. The van der Waals surface area contributed by atoms with Gasteiger partial charge in [0.1, 0.15) is 10.5 Å². The van der Waals surface area contributed by atoms with Crippen molar-refractivity contribution in [2.75, 3.05) is 23.7 Å². The fraction of sp³-hybridized carbons (Fsp3) is 0.321. The number of ether oxygens (including phenoxy) is 1. The number of nitrogens with one attached hydrogen (secondary N) is 3. The first-order chi connectivity index (χ1) is 18.5. The van der Waals surface area contributed by atoms with E-state index in [1.807, 2.05) is 48.5 Å². The summed E-state index contributed by atoms with van der Waals surface area (Å²) in [6.45, 7) is 0.670. The molecule has 2 unspecified atom stereocenters. The van der Waals surface area contributed by atoms with Gasteiger partial charge in [-0.05, 0) is 42.2 Å². The Kier molecular flexibility index (Phi) is 5.24. The normalized spacial score (nSPS) is 24.7. The molecule has 9 nitrogen and oxygen atoms in total. The molecule has 1 spiro atoms. The lowest BCUT2D eigenvalue weighted by Crippen LogP contribution is -2.58. The molecule has 10 heteroatoms. The van der Waals surface area contributed by atoms with Crippen LogP contribution in [-0.4, -0.2) is 55.9 Å². The number of rotatable bonds is 4. The van der Waals surface area contributed by atoms with E-state index in [-0.39, 0.29) is 24.4 Å². The van der Waals surface area contributed by atoms with Gasteiger partial charge in [0.15, 0.2) is 17.2 Å². The second kappa shape index (κ2) is 8.57. The molecule has 4 heterocycles. The average molecular weight is 527 g/mol. The van der Waals surface area contributed by atoms with E-state index in [4.69, 9.17) is 17.0 Å². The van der Waals surface area contributed by atoms with Crippen molar-refractivity contribution in [3.05, 3.63) is 77.7 Å². The van der Waals surface area contributed by atoms with Gasteiger partial charge in [0.25, 0.3) is 0 Å². The molecule has 2 amide bonds. The summed E-state index contributed by atoms with van der Waals surface area (Å²) in [5.41, 5.74) is 2.04. The zero-order valence-electron chi connectivity index (χ0n) is 20.6. The van der Waals surface area contributed by atoms with Crippen molar-refractivity contribution in [1.29, 1.82) is 0 Å². The Bertz CT molecular complexity index is 1480. The Morgan fingerprint density at radius 2 is 1.97 bits per heavy atom. The fourth-order valence-corrected chi connectivity index (χ4v) is 6.08. The first kappa shape index (κ1) is 23.2. The summed E-state index contributed by atoms with van der Waals surface area (Å²) >= 11 is 5.67. The Morgan fingerprint density at radius 3 is 2.79 bits per heavy atom. The van der Waals surface area contributed by atoms with E-state index in [1.165, 1.54) is 0 Å². The highest BCUT2D eigenvalue weighted by Gasteiger charge is 2.57. The van der Waals surface area contributed by atoms with E-state index in [0.717, 1.165) is 16.8 Å². The van der Waals surface area contributed by atoms with E-state index < -0.39 is 11.1 Å². The molecule has 2 aliphatic heterocycles. The molecule has 3 aromatic rings. The SMILES string of the molecule is O=C1CNC(c2ccccc2)CN1C1(C(=O)Nc2cnc3c(c2)CC2(C3)Oc3cccnc3NC2=S)CC1. The minimum atomic E-state index is -0.818. The van der Waals surface area contributed by atoms with Crippen molar-refractivity contribution in [2.24, 2.45) is 0 Å². The summed E-state index contributed by atoms with van der Waals surface area (Å²) in [5, 5.41) is 9.57. The van der Waals surface area contributed by atoms with Crippen LogP contribution in [0.5, 0.6) is 5.75 Å². The molecule has 3 N–H and O–H groups in total. The maximum absolute atomic E-state index is 13.6. The topological polar surface area (TPSA) is 108 Å². The molecule has 38 heavy (non-hydrogen) atoms. The van der Waals surface area contributed by atoms with Gasteiger partial charge in [-0.25, -0.2) is 4.98 Å². The molecule has 1 aromatic carbocycles. The monoisotopic (exact) mass is 526 g/mol. The maximum atomic E-state index is 13.6. The van der Waals surface area contributed by atoms with Gasteiger partial charge in [0.05, 0.1) is 24.5 Å². The molecule has 7 rings (SSSR count). The molecule has 2 fully saturated rings. The minimum absolute atomic E-state index is 0.00898. The minimum Gasteiger partial charge on any atom is -0.475 e. The van der Waals surface area contributed by atoms with Gasteiger partial charge < -0.3 is 20.3 Å². The largest absolute Gasteiger partial charge is 0.475 e. The van der Waals surface area contributed by atoms with Crippen molar-refractivity contribution >= 4 is 40.5 Å². The molecular weight excluding hydrogens is 500 g/mol. The van der Waals surface area contributed by atoms with E-state index >= 15 is 0 Å². The van der Waals surface area contributed by atoms with E-state index in [9.17, 15) is 9.59 Å². The van der Waals surface area contributed by atoms with Crippen LogP contribution in [0.15, 0.2) is 60.9 Å². The molecular formula is C28H26N6O3S. The van der Waals surface area contributed by atoms with Crippen LogP contribution < -0.4 is 20.7 Å². The van der Waals surface area contributed by atoms with Gasteiger partial charge >= 0.3 is 0 Å². The predicted octanol–water partition coefficient (Wildman–Crippen LogP) is 2.79. The Hall–Kier alpha value is -3.89. The van der Waals surface area contributed by atoms with Gasteiger partial charge in [-0.1, -0.05) is 42.5 Å². The predicted molar refractivity (Wildman–Crippen MR) is 145 cm³/mol. The Balaban J connectivity index is 1.08. The van der Waals surface area contributed by atoms with Gasteiger partial charge in [0, 0.05) is 31.3 Å². The van der Waals surface area contributed by atoms with Crippen molar-refractivity contribution in [3.8, 4) is 5.75 Å². The lowest BCUT2D eigenvalue weighted by atomic mass is 9.98. The average Bonchev–Trinajstić information content (AvgIpc) is 3.66. The van der Waals surface area contributed by atoms with E-state index in [0.29, 0.717) is 54.5 Å². The molecule has 2 aliphatic carbocycles. The van der Waals surface area contributed by atoms with Gasteiger partial charge in [0.2, 0.25) is 11.8 Å². The molecule has 2 atom stereocenters. The second-order valence-electron chi connectivity index (χ2n) is 10.4. The summed E-state index contributed by atoms with van der Waals surface area (Å²) in [5.74, 6) is 1.06. The third-order valence-electron chi connectivity index (χ3n) is 8.00. The van der Waals surface area contributed by atoms with Crippen LogP contribution in [-0.2, 0) is 22.4 Å². The fourth-order valence-electron chi connectivity index (χ4n) is 5.80. The first-order valence-corrected chi connectivity index (χ1v) is 13.2. The van der Waals surface area contributed by atoms with Crippen molar-refractivity contribution in [3.63, 3.8) is 0 Å². The van der Waals surface area contributed by atoms with E-state index in [2.05, 4.69) is 25.9 Å². The zero-order chi connectivity index (χ0) is 25.9. The summed E-state index contributed by atoms with van der Waals surface area (Å²) < 4.78 is 6.35. The number of carbonyl (C=O) groups excluding carboxylic acids is 2. The standard InChI is InChI=1S/C28H26N6O3S/c35-23-15-31-21(17-5-2-1-3-6-17)16-34(23)27(8-9-27)25(36)32-19-11-18-12-28(13-20(18)30-14-19)26(38)33-24-22(37-28)7-4-10-29-24/h1-7,10-11,14,21,31H,8-9,12-13,15-16H2,(H,32,36)(H,29,33,38). The van der Waals surface area contributed by atoms with E-state index in [1.54, 1.807) is 17.3 Å². The Morgan fingerprint density at radius 1 is 1.13 bits per heavy atom. The number of hydrogen-bond acceptors (Lipinski definition) is 7. The zero-order valence-corrected chi connectivity index (χ0v) is 21.4. The van der Waals surface area contributed by atoms with Crippen LogP contribution in [0.3, 0.4) is 0 Å². The lowest BCUT2D eigenvalue weighted by Gasteiger charge is -2.38. The molecule has 4 aliphatic rings. The molecule has 192 valence electrons. The Labute approximate surface area is 225 Å². The number of piperazine rings is 1. The van der Waals surface area contributed by atoms with Crippen molar-refractivity contribution < 1.29 is 14.3 Å². The molecule has 1 saturated carbocycles. The number of pyridine rings is 2. The second-order valence-corrected chi connectivity index (χ2v) is 10.8. The molecule has 0 bridgehead atoms. The van der Waals surface area contributed by atoms with Crippen LogP contribution in [0, 0.1) is 0 Å². The first-order valence-electron chi connectivity index (χ1n) is 12.8. The molecule has 0 radical (unpaired) electrons. The highest BCUT2D eigenvalue weighted by molar-refractivity contribution is 7.80. The highest BCUT2D eigenvalue weighted by atomic mass is 32.1. The van der Waals surface area contributed by atoms with Crippen molar-refractivity contribution in [2.45, 2.75) is 42.9 Å². The van der Waals surface area contributed by atoms with Crippen LogP contribution in [0.2, 0.25) is 0 Å². The third kappa shape index (κ3) is 3.74. The summed E-state index contributed by atoms with van der Waals surface area (Å²) in [4.78, 5) is 37.7. The third-order valence-corrected chi connectivity index (χ3v) is 8.47. The van der Waals surface area contributed by atoms with Gasteiger partial charge in [-0.3, -0.25) is 19.9 Å². The number of nitrogens with zero attached hydrogens (tertiary/aromatic N) is 3. The molecule has 1 saturated heterocycles. The number of fused-ring (bicyclic) bond motifs is 2. The van der Waals surface area contributed by atoms with Crippen LogP contribution in [0.4, 0.5) is 11.5 Å². The summed E-state index contributed by atoms with van der Waals surface area (Å²) in [6, 6.07) is 15.7. The van der Waals surface area contributed by atoms with Gasteiger partial charge in [-0.2, -0.15) is 0 Å². The summed E-state index contributed by atoms with van der Waals surface area (Å²) in [7, 11) is 0. The van der Waals surface area contributed by atoms with Gasteiger partial charge in [-0.15, -0.1) is 0 Å². The number of anilines is 2.